The standard InChI is InChI=1S/C19H25N7O3/c1-3-29-15-6-4-14(5-7-15)25-12-13-26-18(28)16(20-21-19(25)26)17(27)22-24-10-8-23(2)9-11-24/h4-7H,3,8-13H2,1-2H3,(H,22,27). The minimum atomic E-state index is -0.512. The van der Waals surface area contributed by atoms with E-state index in [0.717, 1.165) is 24.5 Å². The second-order valence-electron chi connectivity index (χ2n) is 7.12. The van der Waals surface area contributed by atoms with Gasteiger partial charge in [0.15, 0.2) is 0 Å². The van der Waals surface area contributed by atoms with Crippen molar-refractivity contribution in [1.29, 1.82) is 0 Å². The number of nitrogens with zero attached hydrogens (tertiary/aromatic N) is 6. The van der Waals surface area contributed by atoms with E-state index in [2.05, 4.69) is 20.5 Å². The minimum Gasteiger partial charge on any atom is -0.494 e. The molecule has 1 fully saturated rings. The summed E-state index contributed by atoms with van der Waals surface area (Å²) in [5.74, 6) is 0.715. The molecule has 0 saturated carbocycles. The van der Waals surface area contributed by atoms with Crippen LogP contribution in [0.25, 0.3) is 0 Å². The fraction of sp³-hybridized carbons (Fsp3) is 0.474. The molecule has 0 aliphatic carbocycles. The van der Waals surface area contributed by atoms with Crippen LogP contribution in [-0.4, -0.2) is 77.0 Å². The summed E-state index contributed by atoms with van der Waals surface area (Å²) in [5.41, 5.74) is 3.06. The van der Waals surface area contributed by atoms with Gasteiger partial charge in [-0.05, 0) is 38.2 Å². The smallest absolute Gasteiger partial charge is 0.291 e. The molecule has 2 aliphatic heterocycles. The maximum atomic E-state index is 12.8. The average Bonchev–Trinajstić information content (AvgIpc) is 3.16. The molecule has 3 heterocycles. The van der Waals surface area contributed by atoms with Crippen LogP contribution in [0.5, 0.6) is 5.75 Å². The van der Waals surface area contributed by atoms with Crippen molar-refractivity contribution in [3.8, 4) is 5.75 Å². The van der Waals surface area contributed by atoms with Crippen LogP contribution in [0.4, 0.5) is 11.6 Å². The minimum absolute atomic E-state index is 0.179. The zero-order valence-electron chi connectivity index (χ0n) is 16.7. The molecule has 0 bridgehead atoms. The van der Waals surface area contributed by atoms with Gasteiger partial charge in [0.1, 0.15) is 5.75 Å². The molecule has 0 unspecified atom stereocenters. The Morgan fingerprint density at radius 3 is 2.48 bits per heavy atom. The molecule has 1 saturated heterocycles. The van der Waals surface area contributed by atoms with Crippen LogP contribution < -0.4 is 20.6 Å². The number of fused-ring (bicyclic) bond motifs is 1. The van der Waals surface area contributed by atoms with Crippen molar-refractivity contribution in [1.82, 2.24) is 30.1 Å². The summed E-state index contributed by atoms with van der Waals surface area (Å²) in [6.07, 6.45) is 0. The van der Waals surface area contributed by atoms with Gasteiger partial charge in [-0.3, -0.25) is 19.6 Å². The zero-order chi connectivity index (χ0) is 20.4. The van der Waals surface area contributed by atoms with E-state index in [-0.39, 0.29) is 5.69 Å². The van der Waals surface area contributed by atoms with E-state index < -0.39 is 11.5 Å². The highest BCUT2D eigenvalue weighted by molar-refractivity contribution is 5.91. The summed E-state index contributed by atoms with van der Waals surface area (Å²) in [5, 5.41) is 9.95. The van der Waals surface area contributed by atoms with Gasteiger partial charge in [0, 0.05) is 45.0 Å². The maximum absolute atomic E-state index is 12.8. The lowest BCUT2D eigenvalue weighted by atomic mass is 10.3. The van der Waals surface area contributed by atoms with E-state index in [1.165, 1.54) is 4.57 Å². The fourth-order valence-electron chi connectivity index (χ4n) is 3.50. The summed E-state index contributed by atoms with van der Waals surface area (Å²) in [6, 6.07) is 7.59. The highest BCUT2D eigenvalue weighted by atomic mass is 16.5. The van der Waals surface area contributed by atoms with E-state index in [1.54, 1.807) is 0 Å². The second kappa shape index (κ2) is 8.18. The van der Waals surface area contributed by atoms with Crippen molar-refractivity contribution < 1.29 is 9.53 Å². The SMILES string of the molecule is CCOc1ccc(N2CCn3c2nnc(C(=O)NN2CCN(C)CC2)c3=O)cc1. The number of amides is 1. The van der Waals surface area contributed by atoms with Crippen molar-refractivity contribution in [2.45, 2.75) is 13.5 Å². The number of aromatic nitrogens is 3. The molecular formula is C19H25N7O3. The molecule has 1 aromatic carbocycles. The lowest BCUT2D eigenvalue weighted by Gasteiger charge is -2.32. The number of nitrogens with one attached hydrogen (secondary N) is 1. The number of piperazine rings is 1. The van der Waals surface area contributed by atoms with Crippen LogP contribution in [0.3, 0.4) is 0 Å². The quantitative estimate of drug-likeness (QED) is 0.755. The Kier molecular flexibility index (Phi) is 5.45. The van der Waals surface area contributed by atoms with Gasteiger partial charge in [-0.25, -0.2) is 5.01 Å². The second-order valence-corrected chi connectivity index (χ2v) is 7.12. The topological polar surface area (TPSA) is 95.8 Å². The Labute approximate surface area is 168 Å². The molecule has 10 nitrogen and oxygen atoms in total. The highest BCUT2D eigenvalue weighted by Crippen LogP contribution is 2.28. The molecule has 1 N–H and O–H groups in total. The molecule has 1 amide bonds. The number of hydrogen-bond donors (Lipinski definition) is 1. The first-order chi connectivity index (χ1) is 14.1. The molecule has 4 rings (SSSR count). The first-order valence-electron chi connectivity index (χ1n) is 9.79. The average molecular weight is 399 g/mol. The van der Waals surface area contributed by atoms with Crippen LogP contribution in [0.1, 0.15) is 17.4 Å². The van der Waals surface area contributed by atoms with Crippen molar-refractivity contribution >= 4 is 17.5 Å². The van der Waals surface area contributed by atoms with Gasteiger partial charge in [-0.2, -0.15) is 0 Å². The van der Waals surface area contributed by atoms with E-state index in [9.17, 15) is 9.59 Å². The number of rotatable bonds is 5. The van der Waals surface area contributed by atoms with Gasteiger partial charge in [-0.1, -0.05) is 0 Å². The van der Waals surface area contributed by atoms with E-state index in [4.69, 9.17) is 4.74 Å². The summed E-state index contributed by atoms with van der Waals surface area (Å²) in [6.45, 7) is 6.68. The van der Waals surface area contributed by atoms with Gasteiger partial charge in [0.05, 0.1) is 6.61 Å². The monoisotopic (exact) mass is 399 g/mol. The zero-order valence-corrected chi connectivity index (χ0v) is 16.7. The fourth-order valence-corrected chi connectivity index (χ4v) is 3.50. The third-order valence-electron chi connectivity index (χ3n) is 5.15. The van der Waals surface area contributed by atoms with Crippen molar-refractivity contribution in [2.75, 3.05) is 51.3 Å². The summed E-state index contributed by atoms with van der Waals surface area (Å²) < 4.78 is 6.97. The molecule has 2 aromatic rings. The molecular weight excluding hydrogens is 374 g/mol. The van der Waals surface area contributed by atoms with Crippen LogP contribution in [0.2, 0.25) is 0 Å². The first kappa shape index (κ1) is 19.3. The van der Waals surface area contributed by atoms with Crippen LogP contribution >= 0.6 is 0 Å². The number of carbonyl (C=O) groups is 1. The molecule has 0 spiro atoms. The van der Waals surface area contributed by atoms with Gasteiger partial charge in [0.2, 0.25) is 11.6 Å². The van der Waals surface area contributed by atoms with Crippen molar-refractivity contribution in [3.05, 3.63) is 40.3 Å². The molecule has 1 aromatic heterocycles. The predicted octanol–water partition coefficient (Wildman–Crippen LogP) is 0.0809. The normalized spacial score (nSPS) is 17.2. The Morgan fingerprint density at radius 1 is 1.07 bits per heavy atom. The summed E-state index contributed by atoms with van der Waals surface area (Å²) in [7, 11) is 2.04. The number of hydrazine groups is 1. The van der Waals surface area contributed by atoms with Crippen molar-refractivity contribution in [2.24, 2.45) is 0 Å². The first-order valence-corrected chi connectivity index (χ1v) is 9.79. The Morgan fingerprint density at radius 2 is 1.79 bits per heavy atom. The van der Waals surface area contributed by atoms with Gasteiger partial charge >= 0.3 is 0 Å². The largest absolute Gasteiger partial charge is 0.494 e. The van der Waals surface area contributed by atoms with E-state index in [1.807, 2.05) is 48.1 Å². The molecule has 29 heavy (non-hydrogen) atoms. The van der Waals surface area contributed by atoms with Gasteiger partial charge in [-0.15, -0.1) is 10.2 Å². The number of carbonyl (C=O) groups excluding carboxylic acids is 1. The third-order valence-corrected chi connectivity index (χ3v) is 5.15. The lowest BCUT2D eigenvalue weighted by Crippen LogP contribution is -2.53. The number of hydrogen-bond acceptors (Lipinski definition) is 8. The summed E-state index contributed by atoms with van der Waals surface area (Å²) in [4.78, 5) is 29.5. The van der Waals surface area contributed by atoms with Crippen LogP contribution in [0, 0.1) is 0 Å². The number of ether oxygens (including phenoxy) is 1. The van der Waals surface area contributed by atoms with Crippen molar-refractivity contribution in [3.63, 3.8) is 0 Å². The molecule has 10 heteroatoms. The number of likely N-dealkylation sites (N-methyl/N-ethyl adjacent to an activating group) is 1. The molecule has 2 aliphatic rings. The van der Waals surface area contributed by atoms with Gasteiger partial charge in [0.25, 0.3) is 11.5 Å². The van der Waals surface area contributed by atoms with Gasteiger partial charge < -0.3 is 14.5 Å². The Hall–Kier alpha value is -2.98. The maximum Gasteiger partial charge on any atom is 0.291 e. The predicted molar refractivity (Wildman–Crippen MR) is 107 cm³/mol. The Bertz CT molecular complexity index is 936. The van der Waals surface area contributed by atoms with Crippen LogP contribution in [-0.2, 0) is 6.54 Å². The number of benzene rings is 1. The molecule has 154 valence electrons. The summed E-state index contributed by atoms with van der Waals surface area (Å²) >= 11 is 0. The van der Waals surface area contributed by atoms with Crippen LogP contribution in [0.15, 0.2) is 29.1 Å². The lowest BCUT2D eigenvalue weighted by molar-refractivity contribution is 0.0654. The third kappa shape index (κ3) is 3.94. The molecule has 0 radical (unpaired) electrons. The van der Waals surface area contributed by atoms with E-state index in [0.29, 0.717) is 38.7 Å². The van der Waals surface area contributed by atoms with E-state index >= 15 is 0 Å². The Balaban J connectivity index is 1.51. The molecule has 0 atom stereocenters. The number of anilines is 2. The highest BCUT2D eigenvalue weighted by Gasteiger charge is 2.28.